The molecule has 0 aliphatic heterocycles. The molecule has 0 spiro atoms. The summed E-state index contributed by atoms with van der Waals surface area (Å²) in [5.74, 6) is 1.58. The van der Waals surface area contributed by atoms with Gasteiger partial charge in [0.2, 0.25) is 5.43 Å². The van der Waals surface area contributed by atoms with Crippen LogP contribution in [0.5, 0.6) is 0 Å². The third-order valence-electron chi connectivity index (χ3n) is 7.60. The van der Waals surface area contributed by atoms with E-state index < -0.39 is 0 Å². The van der Waals surface area contributed by atoms with Crippen LogP contribution in [0.1, 0.15) is 55.2 Å². The molecule has 4 aromatic rings. The van der Waals surface area contributed by atoms with E-state index in [2.05, 4.69) is 47.6 Å². The molecule has 1 saturated carbocycles. The zero-order chi connectivity index (χ0) is 25.4. The van der Waals surface area contributed by atoms with Crippen molar-refractivity contribution >= 4 is 11.0 Å². The minimum Gasteiger partial charge on any atom is -0.463 e. The second kappa shape index (κ2) is 9.64. The van der Waals surface area contributed by atoms with Crippen molar-refractivity contribution in [3.8, 4) is 11.1 Å². The lowest BCUT2D eigenvalue weighted by Crippen LogP contribution is -2.43. The SMILES string of the molecule is COCCNC(C)c1cc(C)c2occ(-c3cccc(C4(c5nncn5C)CC(C)C4)c3)c(=O)c2c1. The summed E-state index contributed by atoms with van der Waals surface area (Å²) in [5, 5.41) is 12.7. The van der Waals surface area contributed by atoms with Crippen LogP contribution in [0.15, 0.2) is 58.2 Å². The highest BCUT2D eigenvalue weighted by Gasteiger charge is 2.48. The first-order valence-electron chi connectivity index (χ1n) is 12.6. The number of hydrogen-bond donors (Lipinski definition) is 1. The minimum absolute atomic E-state index is 0.0165. The largest absolute Gasteiger partial charge is 0.463 e. The lowest BCUT2D eigenvalue weighted by molar-refractivity contribution is 0.185. The van der Waals surface area contributed by atoms with E-state index >= 15 is 0 Å². The first kappa shape index (κ1) is 24.4. The van der Waals surface area contributed by atoms with Crippen molar-refractivity contribution < 1.29 is 9.15 Å². The lowest BCUT2D eigenvalue weighted by atomic mass is 9.58. The molecule has 2 heterocycles. The summed E-state index contributed by atoms with van der Waals surface area (Å²) in [6.45, 7) is 7.72. The lowest BCUT2D eigenvalue weighted by Gasteiger charge is -2.46. The number of nitrogens with zero attached hydrogens (tertiary/aromatic N) is 3. The maximum absolute atomic E-state index is 13.8. The van der Waals surface area contributed by atoms with Gasteiger partial charge in [-0.25, -0.2) is 0 Å². The molecule has 36 heavy (non-hydrogen) atoms. The number of methoxy groups -OCH3 is 1. The predicted molar refractivity (Wildman–Crippen MR) is 141 cm³/mol. The molecule has 1 fully saturated rings. The van der Waals surface area contributed by atoms with Gasteiger partial charge in [-0.1, -0.05) is 31.2 Å². The van der Waals surface area contributed by atoms with E-state index in [4.69, 9.17) is 9.15 Å². The fourth-order valence-corrected chi connectivity index (χ4v) is 5.77. The van der Waals surface area contributed by atoms with Gasteiger partial charge in [-0.2, -0.15) is 0 Å². The van der Waals surface area contributed by atoms with Crippen molar-refractivity contribution in [3.63, 3.8) is 0 Å². The molecular weight excluding hydrogens is 452 g/mol. The molecule has 7 nitrogen and oxygen atoms in total. The average molecular weight is 487 g/mol. The Balaban J connectivity index is 1.56. The third kappa shape index (κ3) is 4.16. The molecule has 1 aliphatic carbocycles. The molecule has 7 heteroatoms. The number of nitrogens with one attached hydrogen (secondary N) is 1. The average Bonchev–Trinajstić information content (AvgIpc) is 3.28. The van der Waals surface area contributed by atoms with Gasteiger partial charge in [0.25, 0.3) is 0 Å². The molecule has 188 valence electrons. The van der Waals surface area contributed by atoms with Crippen LogP contribution in [-0.4, -0.2) is 35.0 Å². The molecular formula is C29H34N4O3. The number of fused-ring (bicyclic) bond motifs is 1. The van der Waals surface area contributed by atoms with Crippen LogP contribution in [0.4, 0.5) is 0 Å². The standard InChI is InChI=1S/C29H34N4O3/c1-18-14-29(15-18,28-32-31-17-33(28)4)23-8-6-7-21(12-23)25-16-36-27-19(2)11-22(13-24(27)26(25)34)20(3)30-9-10-35-5/h6-8,11-13,16-18,20,30H,9-10,14-15H2,1-5H3. The zero-order valence-electron chi connectivity index (χ0n) is 21.7. The van der Waals surface area contributed by atoms with Crippen LogP contribution in [0.3, 0.4) is 0 Å². The second-order valence-corrected chi connectivity index (χ2v) is 10.3. The fourth-order valence-electron chi connectivity index (χ4n) is 5.77. The number of aryl methyl sites for hydroxylation is 2. The van der Waals surface area contributed by atoms with Crippen LogP contribution in [0, 0.1) is 12.8 Å². The van der Waals surface area contributed by atoms with E-state index in [9.17, 15) is 4.79 Å². The quantitative estimate of drug-likeness (QED) is 0.357. The van der Waals surface area contributed by atoms with E-state index in [1.807, 2.05) is 36.7 Å². The molecule has 1 aliphatic rings. The Bertz CT molecular complexity index is 1450. The maximum atomic E-state index is 13.8. The Hall–Kier alpha value is -3.29. The Morgan fingerprint density at radius 2 is 2.08 bits per heavy atom. The van der Waals surface area contributed by atoms with Crippen molar-refractivity contribution in [1.82, 2.24) is 20.1 Å². The highest BCUT2D eigenvalue weighted by atomic mass is 16.5. The summed E-state index contributed by atoms with van der Waals surface area (Å²) in [5.41, 5.74) is 5.02. The Morgan fingerprint density at radius 1 is 1.28 bits per heavy atom. The van der Waals surface area contributed by atoms with Crippen LogP contribution in [0.25, 0.3) is 22.1 Å². The summed E-state index contributed by atoms with van der Waals surface area (Å²) < 4.78 is 13.2. The van der Waals surface area contributed by atoms with Crippen molar-refractivity contribution in [2.45, 2.75) is 45.1 Å². The highest BCUT2D eigenvalue weighted by molar-refractivity contribution is 5.84. The molecule has 1 unspecified atom stereocenters. The van der Waals surface area contributed by atoms with Crippen molar-refractivity contribution in [1.29, 1.82) is 0 Å². The molecule has 1 N–H and O–H groups in total. The van der Waals surface area contributed by atoms with Gasteiger partial charge in [0.15, 0.2) is 0 Å². The van der Waals surface area contributed by atoms with Gasteiger partial charge in [-0.05, 0) is 67.0 Å². The third-order valence-corrected chi connectivity index (χ3v) is 7.60. The Labute approximate surface area is 211 Å². The summed E-state index contributed by atoms with van der Waals surface area (Å²) in [6.07, 6.45) is 5.37. The van der Waals surface area contributed by atoms with Crippen molar-refractivity contribution in [3.05, 3.63) is 81.7 Å². The van der Waals surface area contributed by atoms with Crippen LogP contribution in [-0.2, 0) is 17.2 Å². The van der Waals surface area contributed by atoms with Gasteiger partial charge in [0.1, 0.15) is 24.0 Å². The summed E-state index contributed by atoms with van der Waals surface area (Å²) >= 11 is 0. The van der Waals surface area contributed by atoms with Gasteiger partial charge >= 0.3 is 0 Å². The summed E-state index contributed by atoms with van der Waals surface area (Å²) in [4.78, 5) is 13.8. The molecule has 2 aromatic carbocycles. The van der Waals surface area contributed by atoms with E-state index in [1.165, 1.54) is 0 Å². The smallest absolute Gasteiger partial charge is 0.200 e. The number of ether oxygens (including phenoxy) is 1. The van der Waals surface area contributed by atoms with Gasteiger partial charge in [0.05, 0.1) is 23.0 Å². The normalized spacial score (nSPS) is 20.4. The van der Waals surface area contributed by atoms with E-state index in [0.717, 1.165) is 47.5 Å². The monoisotopic (exact) mass is 486 g/mol. The van der Waals surface area contributed by atoms with E-state index in [-0.39, 0.29) is 16.9 Å². The van der Waals surface area contributed by atoms with Crippen LogP contribution < -0.4 is 10.7 Å². The molecule has 0 radical (unpaired) electrons. The number of hydrogen-bond acceptors (Lipinski definition) is 6. The molecule has 0 saturated heterocycles. The molecule has 2 aromatic heterocycles. The topological polar surface area (TPSA) is 82.2 Å². The summed E-state index contributed by atoms with van der Waals surface area (Å²) in [7, 11) is 3.68. The van der Waals surface area contributed by atoms with Crippen LogP contribution in [0.2, 0.25) is 0 Å². The van der Waals surface area contributed by atoms with E-state index in [0.29, 0.717) is 29.1 Å². The first-order valence-corrected chi connectivity index (χ1v) is 12.6. The minimum atomic E-state index is -0.190. The fraction of sp³-hybridized carbons (Fsp3) is 0.414. The van der Waals surface area contributed by atoms with Crippen molar-refractivity contribution in [2.75, 3.05) is 20.3 Å². The second-order valence-electron chi connectivity index (χ2n) is 10.3. The predicted octanol–water partition coefficient (Wildman–Crippen LogP) is 4.91. The molecule has 0 amide bonds. The summed E-state index contributed by atoms with van der Waals surface area (Å²) in [6, 6.07) is 12.4. The van der Waals surface area contributed by atoms with Crippen LogP contribution >= 0.6 is 0 Å². The maximum Gasteiger partial charge on any atom is 0.200 e. The number of rotatable bonds is 8. The Kier molecular flexibility index (Phi) is 6.53. The zero-order valence-corrected chi connectivity index (χ0v) is 21.7. The highest BCUT2D eigenvalue weighted by Crippen LogP contribution is 2.51. The Morgan fingerprint density at radius 3 is 2.78 bits per heavy atom. The van der Waals surface area contributed by atoms with Gasteiger partial charge in [-0.15, -0.1) is 10.2 Å². The molecule has 1 atom stereocenters. The first-order chi connectivity index (χ1) is 17.3. The van der Waals surface area contributed by atoms with Crippen molar-refractivity contribution in [2.24, 2.45) is 13.0 Å². The van der Waals surface area contributed by atoms with Gasteiger partial charge in [0, 0.05) is 26.7 Å². The van der Waals surface area contributed by atoms with Gasteiger partial charge < -0.3 is 19.0 Å². The number of aromatic nitrogens is 3. The molecule has 0 bridgehead atoms. The van der Waals surface area contributed by atoms with E-state index in [1.54, 1.807) is 19.7 Å². The molecule has 5 rings (SSSR count). The van der Waals surface area contributed by atoms with Gasteiger partial charge in [-0.3, -0.25) is 4.79 Å². The number of benzene rings is 2.